The molecule has 0 aliphatic heterocycles. The van der Waals surface area contributed by atoms with Gasteiger partial charge < -0.3 is 10.3 Å². The van der Waals surface area contributed by atoms with Crippen molar-refractivity contribution < 1.29 is 4.52 Å². The topological polar surface area (TPSA) is 68.2 Å². The van der Waals surface area contributed by atoms with E-state index in [4.69, 9.17) is 21.9 Å². The molecule has 0 aliphatic carbocycles. The predicted octanol–water partition coefficient (Wildman–Crippen LogP) is 5.16. The van der Waals surface area contributed by atoms with Crippen molar-refractivity contribution in [2.45, 2.75) is 34.2 Å². The number of anilines is 1. The molecule has 26 heavy (non-hydrogen) atoms. The molecule has 2 aromatic heterocycles. The number of benzene rings is 1. The van der Waals surface area contributed by atoms with E-state index in [-0.39, 0.29) is 0 Å². The highest BCUT2D eigenvalue weighted by atomic mass is 35.5. The van der Waals surface area contributed by atoms with Gasteiger partial charge in [-0.05, 0) is 56.3 Å². The van der Waals surface area contributed by atoms with Gasteiger partial charge in [0.1, 0.15) is 0 Å². The van der Waals surface area contributed by atoms with Crippen molar-refractivity contribution >= 4 is 28.6 Å². The molecular weight excluding hydrogens is 368 g/mol. The maximum absolute atomic E-state index is 6.18. The summed E-state index contributed by atoms with van der Waals surface area (Å²) in [6.45, 7) is 11.4. The molecule has 1 aromatic carbocycles. The largest absolute Gasteiger partial charge is 0.397 e. The Labute approximate surface area is 162 Å². The van der Waals surface area contributed by atoms with Crippen LogP contribution in [0.4, 0.5) is 5.69 Å². The number of aryl methyl sites for hydroxylation is 2. The maximum Gasteiger partial charge on any atom is 0.268 e. The molecule has 5 nitrogen and oxygen atoms in total. The van der Waals surface area contributed by atoms with Gasteiger partial charge in [-0.1, -0.05) is 30.6 Å². The normalized spacial score (nSPS) is 11.5. The summed E-state index contributed by atoms with van der Waals surface area (Å²) in [4.78, 5) is 9.26. The van der Waals surface area contributed by atoms with Gasteiger partial charge in [0, 0.05) is 17.0 Å². The Balaban J connectivity index is 1.89. The second-order valence-electron chi connectivity index (χ2n) is 6.29. The Kier molecular flexibility index (Phi) is 5.65. The van der Waals surface area contributed by atoms with Crippen LogP contribution < -0.4 is 5.73 Å². The Morgan fingerprint density at radius 1 is 1.15 bits per heavy atom. The zero-order valence-electron chi connectivity index (χ0n) is 15.5. The van der Waals surface area contributed by atoms with Crippen LogP contribution in [0.2, 0.25) is 5.02 Å². The van der Waals surface area contributed by atoms with Crippen LogP contribution in [0.25, 0.3) is 22.2 Å². The molecule has 2 N–H and O–H groups in total. The number of hydrogen-bond acceptors (Lipinski definition) is 6. The molecule has 0 saturated carbocycles. The number of thiophene rings is 1. The summed E-state index contributed by atoms with van der Waals surface area (Å²) in [5.74, 6) is 1.05. The van der Waals surface area contributed by atoms with Crippen molar-refractivity contribution in [1.82, 2.24) is 15.0 Å². The highest BCUT2D eigenvalue weighted by Gasteiger charge is 2.17. The molecule has 0 atom stereocenters. The molecule has 0 amide bonds. The molecule has 138 valence electrons. The lowest BCUT2D eigenvalue weighted by molar-refractivity contribution is 0.298. The first-order valence-electron chi connectivity index (χ1n) is 8.64. The second-order valence-corrected chi connectivity index (χ2v) is 7.83. The number of hydrogen-bond donors (Lipinski definition) is 1. The predicted molar refractivity (Wildman–Crippen MR) is 109 cm³/mol. The van der Waals surface area contributed by atoms with Crippen molar-refractivity contribution in [2.75, 3.05) is 18.8 Å². The van der Waals surface area contributed by atoms with Crippen molar-refractivity contribution in [1.29, 1.82) is 0 Å². The quantitative estimate of drug-likeness (QED) is 0.589. The van der Waals surface area contributed by atoms with Gasteiger partial charge in [0.2, 0.25) is 5.82 Å². The van der Waals surface area contributed by atoms with Crippen LogP contribution in [-0.4, -0.2) is 28.1 Å². The molecule has 7 heteroatoms. The number of nitrogens with two attached hydrogens (primary N) is 1. The van der Waals surface area contributed by atoms with Gasteiger partial charge in [-0.3, -0.25) is 4.90 Å². The average Bonchev–Trinajstić information content (AvgIpc) is 3.24. The van der Waals surface area contributed by atoms with E-state index in [2.05, 4.69) is 41.9 Å². The molecule has 0 spiro atoms. The Bertz CT molecular complexity index is 891. The highest BCUT2D eigenvalue weighted by molar-refractivity contribution is 7.15. The summed E-state index contributed by atoms with van der Waals surface area (Å²) < 4.78 is 5.50. The average molecular weight is 391 g/mol. The third-order valence-electron chi connectivity index (χ3n) is 4.51. The Morgan fingerprint density at radius 3 is 2.54 bits per heavy atom. The van der Waals surface area contributed by atoms with E-state index < -0.39 is 0 Å². The summed E-state index contributed by atoms with van der Waals surface area (Å²) >= 11 is 7.88. The van der Waals surface area contributed by atoms with E-state index in [1.54, 1.807) is 17.4 Å². The fraction of sp³-hybridized carbons (Fsp3) is 0.368. The number of halogens is 1. The van der Waals surface area contributed by atoms with Gasteiger partial charge in [0.05, 0.1) is 15.6 Å². The molecule has 0 saturated heterocycles. The Morgan fingerprint density at radius 2 is 1.88 bits per heavy atom. The zero-order chi connectivity index (χ0) is 18.8. The third-order valence-corrected chi connectivity index (χ3v) is 6.04. The van der Waals surface area contributed by atoms with E-state index >= 15 is 0 Å². The first kappa shape index (κ1) is 18.9. The van der Waals surface area contributed by atoms with Crippen LogP contribution in [-0.2, 0) is 6.54 Å². The van der Waals surface area contributed by atoms with Crippen LogP contribution in [0.5, 0.6) is 0 Å². The molecule has 0 radical (unpaired) electrons. The zero-order valence-corrected chi connectivity index (χ0v) is 17.0. The fourth-order valence-electron chi connectivity index (χ4n) is 2.76. The van der Waals surface area contributed by atoms with Crippen LogP contribution >= 0.6 is 22.9 Å². The maximum atomic E-state index is 6.18. The summed E-state index contributed by atoms with van der Waals surface area (Å²) in [6, 6.07) is 5.80. The van der Waals surface area contributed by atoms with Crippen LogP contribution in [0.3, 0.4) is 0 Å². The second kappa shape index (κ2) is 7.78. The highest BCUT2D eigenvalue weighted by Crippen LogP contribution is 2.34. The van der Waals surface area contributed by atoms with E-state index in [0.717, 1.165) is 35.6 Å². The van der Waals surface area contributed by atoms with Crippen molar-refractivity contribution in [2.24, 2.45) is 0 Å². The Hall–Kier alpha value is -1.89. The van der Waals surface area contributed by atoms with Crippen molar-refractivity contribution in [3.63, 3.8) is 0 Å². The number of nitrogens with zero attached hydrogens (tertiary/aromatic N) is 3. The minimum Gasteiger partial charge on any atom is -0.397 e. The van der Waals surface area contributed by atoms with Gasteiger partial charge in [-0.25, -0.2) is 0 Å². The number of nitrogen functional groups attached to an aromatic ring is 1. The van der Waals surface area contributed by atoms with Crippen LogP contribution in [0.15, 0.2) is 22.7 Å². The van der Waals surface area contributed by atoms with E-state index in [9.17, 15) is 0 Å². The van der Waals surface area contributed by atoms with Gasteiger partial charge in [-0.15, -0.1) is 11.3 Å². The summed E-state index contributed by atoms with van der Waals surface area (Å²) in [6.07, 6.45) is 0. The standard InChI is InChI=1S/C19H23ClN4OS/c1-5-24(6-2)10-16-11(3)8-15(26-16)19-22-18(23-25-19)13-7-12(4)17(21)14(20)9-13/h7-9H,5-6,10,21H2,1-4H3. The minimum absolute atomic E-state index is 0.500. The molecule has 0 bridgehead atoms. The first-order valence-corrected chi connectivity index (χ1v) is 9.84. The molecule has 2 heterocycles. The fourth-order valence-corrected chi connectivity index (χ4v) is 4.16. The SMILES string of the molecule is CCN(CC)Cc1sc(-c2nc(-c3cc(C)c(N)c(Cl)c3)no2)cc1C. The smallest absolute Gasteiger partial charge is 0.268 e. The van der Waals surface area contributed by atoms with Crippen LogP contribution in [0, 0.1) is 13.8 Å². The summed E-state index contributed by atoms with van der Waals surface area (Å²) in [5, 5.41) is 4.62. The molecule has 0 unspecified atom stereocenters. The van der Waals surface area contributed by atoms with E-state index in [0.29, 0.717) is 22.4 Å². The molecule has 0 fully saturated rings. The van der Waals surface area contributed by atoms with Crippen molar-refractivity contribution in [3.8, 4) is 22.2 Å². The van der Waals surface area contributed by atoms with Gasteiger partial charge in [0.15, 0.2) is 0 Å². The lowest BCUT2D eigenvalue weighted by Gasteiger charge is -2.17. The molecule has 0 aliphatic rings. The summed E-state index contributed by atoms with van der Waals surface area (Å²) in [7, 11) is 0. The van der Waals surface area contributed by atoms with Gasteiger partial charge >= 0.3 is 0 Å². The first-order chi connectivity index (χ1) is 12.4. The van der Waals surface area contributed by atoms with E-state index in [1.807, 2.05) is 13.0 Å². The minimum atomic E-state index is 0.500. The van der Waals surface area contributed by atoms with Crippen LogP contribution in [0.1, 0.15) is 29.9 Å². The van der Waals surface area contributed by atoms with E-state index in [1.165, 1.54) is 10.4 Å². The van der Waals surface area contributed by atoms with Gasteiger partial charge in [0.25, 0.3) is 5.89 Å². The third kappa shape index (κ3) is 3.77. The van der Waals surface area contributed by atoms with Crippen molar-refractivity contribution in [3.05, 3.63) is 39.2 Å². The molecule has 3 aromatic rings. The lowest BCUT2D eigenvalue weighted by atomic mass is 10.1. The monoisotopic (exact) mass is 390 g/mol. The van der Waals surface area contributed by atoms with Gasteiger partial charge in [-0.2, -0.15) is 4.98 Å². The number of aromatic nitrogens is 2. The molecule has 3 rings (SSSR count). The lowest BCUT2D eigenvalue weighted by Crippen LogP contribution is -2.21. The summed E-state index contributed by atoms with van der Waals surface area (Å²) in [5.41, 5.74) is 9.43. The number of rotatable bonds is 6. The molecular formula is C19H23ClN4OS.